The first kappa shape index (κ1) is 14.7. The lowest BCUT2D eigenvalue weighted by Gasteiger charge is -2.21. The molecule has 2 aliphatic rings. The standard InChI is InChI=1S/C14H17NO4S2/c1-8(16)11-6-12(20-7-11)14(17)15-21(18,19)13-5-9-2-3-10(13)4-9/h6-7,9-10,13H,2-5H2,1H3,(H,15,17)/t9-,10+,13?/m1/s1. The Morgan fingerprint density at radius 1 is 1.29 bits per heavy atom. The summed E-state index contributed by atoms with van der Waals surface area (Å²) in [6.07, 6.45) is 3.68. The van der Waals surface area contributed by atoms with Crippen molar-refractivity contribution in [1.29, 1.82) is 0 Å². The Kier molecular flexibility index (Phi) is 3.65. The molecule has 0 aromatic carbocycles. The van der Waals surface area contributed by atoms with E-state index < -0.39 is 21.2 Å². The van der Waals surface area contributed by atoms with Gasteiger partial charge in [-0.1, -0.05) is 6.42 Å². The molecule has 1 aromatic rings. The molecule has 1 aromatic heterocycles. The molecule has 0 spiro atoms. The van der Waals surface area contributed by atoms with E-state index in [1.807, 2.05) is 0 Å². The van der Waals surface area contributed by atoms with Gasteiger partial charge >= 0.3 is 0 Å². The van der Waals surface area contributed by atoms with Gasteiger partial charge in [0.2, 0.25) is 10.0 Å². The van der Waals surface area contributed by atoms with Gasteiger partial charge in [0, 0.05) is 10.9 Å². The van der Waals surface area contributed by atoms with Crippen molar-refractivity contribution in [2.24, 2.45) is 11.8 Å². The zero-order valence-corrected chi connectivity index (χ0v) is 13.3. The molecule has 3 atom stereocenters. The number of hydrogen-bond acceptors (Lipinski definition) is 5. The summed E-state index contributed by atoms with van der Waals surface area (Å²) in [5.74, 6) is -0.0781. The Morgan fingerprint density at radius 3 is 2.57 bits per heavy atom. The summed E-state index contributed by atoms with van der Waals surface area (Å²) in [5.41, 5.74) is 0.433. The largest absolute Gasteiger partial charge is 0.294 e. The molecule has 2 saturated carbocycles. The van der Waals surface area contributed by atoms with Crippen molar-refractivity contribution in [3.63, 3.8) is 0 Å². The SMILES string of the molecule is CC(=O)c1csc(C(=O)NS(=O)(=O)C2C[C@@H]3CC[C@H]2C3)c1. The van der Waals surface area contributed by atoms with Crippen LogP contribution in [0.1, 0.15) is 52.6 Å². The van der Waals surface area contributed by atoms with Crippen molar-refractivity contribution in [2.75, 3.05) is 0 Å². The number of nitrogens with one attached hydrogen (secondary N) is 1. The van der Waals surface area contributed by atoms with E-state index in [-0.39, 0.29) is 16.6 Å². The number of rotatable bonds is 4. The van der Waals surface area contributed by atoms with Crippen LogP contribution in [0.4, 0.5) is 0 Å². The predicted molar refractivity (Wildman–Crippen MR) is 79.9 cm³/mol. The Hall–Kier alpha value is -1.21. The van der Waals surface area contributed by atoms with E-state index in [4.69, 9.17) is 0 Å². The van der Waals surface area contributed by atoms with Gasteiger partial charge in [0.25, 0.3) is 5.91 Å². The van der Waals surface area contributed by atoms with Crippen LogP contribution in [0.2, 0.25) is 0 Å². The van der Waals surface area contributed by atoms with E-state index >= 15 is 0 Å². The topological polar surface area (TPSA) is 80.3 Å². The van der Waals surface area contributed by atoms with Crippen LogP contribution in [0.5, 0.6) is 0 Å². The first-order valence-electron chi connectivity index (χ1n) is 7.02. The Labute approximate surface area is 127 Å². The molecule has 5 nitrogen and oxygen atoms in total. The molecule has 0 aliphatic heterocycles. The van der Waals surface area contributed by atoms with E-state index in [0.29, 0.717) is 17.9 Å². The zero-order valence-electron chi connectivity index (χ0n) is 11.7. The third-order valence-corrected chi connectivity index (χ3v) is 7.31. The maximum Gasteiger partial charge on any atom is 0.274 e. The fourth-order valence-electron chi connectivity index (χ4n) is 3.46. The summed E-state index contributed by atoms with van der Waals surface area (Å²) in [6, 6.07) is 1.44. The van der Waals surface area contributed by atoms with Gasteiger partial charge in [-0.15, -0.1) is 11.3 Å². The van der Waals surface area contributed by atoms with Crippen LogP contribution in [0, 0.1) is 11.8 Å². The van der Waals surface area contributed by atoms with Crippen molar-refractivity contribution in [1.82, 2.24) is 4.72 Å². The summed E-state index contributed by atoms with van der Waals surface area (Å²) < 4.78 is 26.9. The molecule has 1 unspecified atom stereocenters. The number of fused-ring (bicyclic) bond motifs is 2. The van der Waals surface area contributed by atoms with E-state index in [1.54, 1.807) is 5.38 Å². The quantitative estimate of drug-likeness (QED) is 0.860. The lowest BCUT2D eigenvalue weighted by atomic mass is 10.0. The number of thiophene rings is 1. The smallest absolute Gasteiger partial charge is 0.274 e. The van der Waals surface area contributed by atoms with Crippen LogP contribution >= 0.6 is 11.3 Å². The highest BCUT2D eigenvalue weighted by molar-refractivity contribution is 7.90. The second-order valence-corrected chi connectivity index (χ2v) is 8.76. The van der Waals surface area contributed by atoms with E-state index in [2.05, 4.69) is 4.72 Å². The predicted octanol–water partition coefficient (Wildman–Crippen LogP) is 2.20. The third-order valence-electron chi connectivity index (χ3n) is 4.54. The van der Waals surface area contributed by atoms with Crippen molar-refractivity contribution in [3.05, 3.63) is 21.9 Å². The van der Waals surface area contributed by atoms with Crippen LogP contribution in [0.3, 0.4) is 0 Å². The first-order valence-corrected chi connectivity index (χ1v) is 9.45. The number of hydrogen-bond donors (Lipinski definition) is 1. The Bertz CT molecular complexity index is 692. The molecule has 3 rings (SSSR count). The maximum absolute atomic E-state index is 12.4. The number of amides is 1. The van der Waals surface area contributed by atoms with E-state index in [9.17, 15) is 18.0 Å². The fourth-order valence-corrected chi connectivity index (χ4v) is 6.17. The van der Waals surface area contributed by atoms with Crippen molar-refractivity contribution < 1.29 is 18.0 Å². The van der Waals surface area contributed by atoms with Crippen LogP contribution in [-0.2, 0) is 10.0 Å². The summed E-state index contributed by atoms with van der Waals surface area (Å²) in [6.45, 7) is 1.41. The number of carbonyl (C=O) groups excluding carboxylic acids is 2. The lowest BCUT2D eigenvalue weighted by molar-refractivity contribution is 0.0984. The summed E-state index contributed by atoms with van der Waals surface area (Å²) in [5, 5.41) is 1.13. The monoisotopic (exact) mass is 327 g/mol. The minimum absolute atomic E-state index is 0.138. The minimum Gasteiger partial charge on any atom is -0.294 e. The van der Waals surface area contributed by atoms with Gasteiger partial charge in [-0.2, -0.15) is 0 Å². The van der Waals surface area contributed by atoms with Gasteiger partial charge < -0.3 is 0 Å². The molecule has 2 bridgehead atoms. The fraction of sp³-hybridized carbons (Fsp3) is 0.571. The zero-order chi connectivity index (χ0) is 15.2. The average molecular weight is 327 g/mol. The van der Waals surface area contributed by atoms with Crippen LogP contribution in [0.15, 0.2) is 11.4 Å². The average Bonchev–Trinajstić information content (AvgIpc) is 3.14. The highest BCUT2D eigenvalue weighted by atomic mass is 32.2. The van der Waals surface area contributed by atoms with Gasteiger partial charge in [-0.25, -0.2) is 13.1 Å². The molecule has 0 radical (unpaired) electrons. The van der Waals surface area contributed by atoms with Crippen LogP contribution < -0.4 is 4.72 Å². The molecule has 1 heterocycles. The summed E-state index contributed by atoms with van der Waals surface area (Å²) in [7, 11) is -3.63. The van der Waals surface area contributed by atoms with Crippen molar-refractivity contribution in [3.8, 4) is 0 Å². The molecular weight excluding hydrogens is 310 g/mol. The van der Waals surface area contributed by atoms with E-state index in [1.165, 1.54) is 13.0 Å². The van der Waals surface area contributed by atoms with Crippen LogP contribution in [0.25, 0.3) is 0 Å². The van der Waals surface area contributed by atoms with Crippen molar-refractivity contribution >= 4 is 33.1 Å². The molecule has 1 amide bonds. The summed E-state index contributed by atoms with van der Waals surface area (Å²) in [4.78, 5) is 23.5. The Morgan fingerprint density at radius 2 is 2.05 bits per heavy atom. The van der Waals surface area contributed by atoms with Gasteiger partial charge in [0.05, 0.1) is 10.1 Å². The molecular formula is C14H17NO4S2. The lowest BCUT2D eigenvalue weighted by Crippen LogP contribution is -2.40. The molecule has 1 N–H and O–H groups in total. The first-order chi connectivity index (χ1) is 9.87. The highest BCUT2D eigenvalue weighted by Crippen LogP contribution is 2.47. The second-order valence-electron chi connectivity index (χ2n) is 5.95. The molecule has 21 heavy (non-hydrogen) atoms. The molecule has 0 saturated heterocycles. The van der Waals surface area contributed by atoms with Gasteiger partial charge in [0.1, 0.15) is 0 Å². The van der Waals surface area contributed by atoms with Crippen molar-refractivity contribution in [2.45, 2.75) is 37.9 Å². The third kappa shape index (κ3) is 2.76. The number of carbonyl (C=O) groups is 2. The molecule has 2 fully saturated rings. The van der Waals surface area contributed by atoms with Gasteiger partial charge in [-0.3, -0.25) is 9.59 Å². The normalized spacial score (nSPS) is 27.8. The molecule has 2 aliphatic carbocycles. The highest BCUT2D eigenvalue weighted by Gasteiger charge is 2.46. The molecule has 7 heteroatoms. The molecule has 114 valence electrons. The second kappa shape index (κ2) is 5.21. The van der Waals surface area contributed by atoms with Gasteiger partial charge in [-0.05, 0) is 44.1 Å². The minimum atomic E-state index is -3.63. The Balaban J connectivity index is 1.72. The van der Waals surface area contributed by atoms with Gasteiger partial charge in [0.15, 0.2) is 5.78 Å². The summed E-state index contributed by atoms with van der Waals surface area (Å²) >= 11 is 1.09. The number of Topliss-reactive ketones (excluding diaryl/α,β-unsaturated/α-hetero) is 1. The number of sulfonamides is 1. The maximum atomic E-state index is 12.4. The van der Waals surface area contributed by atoms with E-state index in [0.717, 1.165) is 30.6 Å². The number of ketones is 1. The van der Waals surface area contributed by atoms with Crippen LogP contribution in [-0.4, -0.2) is 25.4 Å².